The molecule has 3 rings (SSSR count). The van der Waals surface area contributed by atoms with Gasteiger partial charge in [0.25, 0.3) is 5.91 Å². The van der Waals surface area contributed by atoms with Crippen LogP contribution in [0.2, 0.25) is 0 Å². The highest BCUT2D eigenvalue weighted by atomic mass is 16.5. The normalized spacial score (nSPS) is 10.4. The first-order valence-corrected chi connectivity index (χ1v) is 8.79. The number of amides is 1. The molecule has 0 aliphatic rings. The fourth-order valence-electron chi connectivity index (χ4n) is 2.90. The Balaban J connectivity index is 1.75. The topological polar surface area (TPSA) is 117 Å². The fourth-order valence-corrected chi connectivity index (χ4v) is 2.90. The van der Waals surface area contributed by atoms with Gasteiger partial charge in [0.05, 0.1) is 23.9 Å². The maximum absolute atomic E-state index is 12.4. The van der Waals surface area contributed by atoms with Gasteiger partial charge in [-0.3, -0.25) is 4.79 Å². The minimum Gasteiger partial charge on any atom is -0.508 e. The summed E-state index contributed by atoms with van der Waals surface area (Å²) in [6, 6.07) is 11.3. The van der Waals surface area contributed by atoms with Crippen LogP contribution in [0.25, 0.3) is 0 Å². The van der Waals surface area contributed by atoms with Gasteiger partial charge in [-0.15, -0.1) is 0 Å². The zero-order valence-electron chi connectivity index (χ0n) is 15.9. The molecule has 0 fully saturated rings. The van der Waals surface area contributed by atoms with Gasteiger partial charge < -0.3 is 24.1 Å². The Kier molecular flexibility index (Phi) is 5.69. The highest BCUT2D eigenvalue weighted by Gasteiger charge is 2.21. The Bertz CT molecular complexity index is 1090. The Morgan fingerprint density at radius 3 is 2.72 bits per heavy atom. The van der Waals surface area contributed by atoms with Gasteiger partial charge in [0.1, 0.15) is 23.4 Å². The average molecular weight is 393 g/mol. The Hall–Kier alpha value is -3.99. The number of carbonyl (C=O) groups is 2. The van der Waals surface area contributed by atoms with E-state index in [4.69, 9.17) is 9.15 Å². The van der Waals surface area contributed by atoms with E-state index in [-0.39, 0.29) is 11.3 Å². The molecule has 8 heteroatoms. The molecule has 148 valence electrons. The summed E-state index contributed by atoms with van der Waals surface area (Å²) in [5, 5.41) is 21.6. The third-order valence-electron chi connectivity index (χ3n) is 4.51. The van der Waals surface area contributed by atoms with Gasteiger partial charge in [-0.2, -0.15) is 5.26 Å². The number of aromatic nitrogens is 1. The Morgan fingerprint density at radius 2 is 2.07 bits per heavy atom. The van der Waals surface area contributed by atoms with Crippen molar-refractivity contribution in [2.24, 2.45) is 0 Å². The molecule has 0 bridgehead atoms. The third kappa shape index (κ3) is 4.30. The predicted molar refractivity (Wildman–Crippen MR) is 103 cm³/mol. The second kappa shape index (κ2) is 8.35. The summed E-state index contributed by atoms with van der Waals surface area (Å²) in [5.41, 5.74) is 2.02. The summed E-state index contributed by atoms with van der Waals surface area (Å²) in [7, 11) is 0. The second-order valence-corrected chi connectivity index (χ2v) is 6.39. The minimum atomic E-state index is -0.741. The van der Waals surface area contributed by atoms with Crippen LogP contribution in [0.15, 0.2) is 47.1 Å². The molecule has 0 aliphatic heterocycles. The lowest BCUT2D eigenvalue weighted by Gasteiger charge is -2.12. The van der Waals surface area contributed by atoms with Crippen molar-refractivity contribution in [3.63, 3.8) is 0 Å². The molecule has 0 aliphatic carbocycles. The molecular formula is C21H19N3O5. The number of esters is 1. The smallest absolute Gasteiger partial charge is 0.338 e. The molecule has 0 spiro atoms. The van der Waals surface area contributed by atoms with E-state index >= 15 is 0 Å². The number of hydrogen-bond acceptors (Lipinski definition) is 6. The van der Waals surface area contributed by atoms with Crippen LogP contribution in [0.4, 0.5) is 5.82 Å². The quantitative estimate of drug-likeness (QED) is 0.621. The highest BCUT2D eigenvalue weighted by Crippen LogP contribution is 2.27. The van der Waals surface area contributed by atoms with Crippen molar-refractivity contribution < 1.29 is 23.8 Å². The van der Waals surface area contributed by atoms with Crippen LogP contribution < -0.4 is 5.32 Å². The summed E-state index contributed by atoms with van der Waals surface area (Å²) in [6.07, 6.45) is 1.55. The molecule has 2 N–H and O–H groups in total. The molecule has 3 aromatic rings. The van der Waals surface area contributed by atoms with Crippen LogP contribution >= 0.6 is 0 Å². The van der Waals surface area contributed by atoms with Gasteiger partial charge in [-0.05, 0) is 49.7 Å². The number of aromatic hydroxyl groups is 1. The monoisotopic (exact) mass is 393 g/mol. The van der Waals surface area contributed by atoms with E-state index in [0.29, 0.717) is 23.7 Å². The summed E-state index contributed by atoms with van der Waals surface area (Å²) >= 11 is 0. The lowest BCUT2D eigenvalue weighted by Crippen LogP contribution is -2.23. The average Bonchev–Trinajstić information content (AvgIpc) is 3.29. The van der Waals surface area contributed by atoms with Gasteiger partial charge in [0, 0.05) is 5.69 Å². The SMILES string of the molecule is Cc1c(C#N)c(NC(=O)COC(=O)c2cccc(O)c2)n(Cc2ccco2)c1C. The third-order valence-corrected chi connectivity index (χ3v) is 4.51. The number of phenols is 1. The zero-order valence-corrected chi connectivity index (χ0v) is 15.9. The Labute approximate surface area is 166 Å². The van der Waals surface area contributed by atoms with Crippen molar-refractivity contribution in [2.75, 3.05) is 11.9 Å². The lowest BCUT2D eigenvalue weighted by atomic mass is 10.2. The predicted octanol–water partition coefficient (Wildman–Crippen LogP) is 3.12. The van der Waals surface area contributed by atoms with E-state index in [9.17, 15) is 20.0 Å². The molecule has 0 unspecified atom stereocenters. The first-order valence-electron chi connectivity index (χ1n) is 8.79. The van der Waals surface area contributed by atoms with E-state index in [1.807, 2.05) is 6.92 Å². The molecule has 0 radical (unpaired) electrons. The largest absolute Gasteiger partial charge is 0.508 e. The van der Waals surface area contributed by atoms with Crippen LogP contribution in [0.5, 0.6) is 5.75 Å². The molecule has 2 heterocycles. The van der Waals surface area contributed by atoms with Crippen molar-refractivity contribution in [3.05, 3.63) is 70.8 Å². The van der Waals surface area contributed by atoms with Crippen LogP contribution in [-0.4, -0.2) is 28.2 Å². The number of anilines is 1. The number of nitriles is 1. The van der Waals surface area contributed by atoms with E-state index in [1.54, 1.807) is 29.9 Å². The lowest BCUT2D eigenvalue weighted by molar-refractivity contribution is -0.119. The number of hydrogen-bond donors (Lipinski definition) is 2. The zero-order chi connectivity index (χ0) is 21.0. The van der Waals surface area contributed by atoms with Crippen LogP contribution in [0, 0.1) is 25.2 Å². The standard InChI is InChI=1S/C21H19N3O5/c1-13-14(2)24(11-17-7-4-8-28-17)20(18(13)10-22)23-19(26)12-29-21(27)15-5-3-6-16(25)9-15/h3-9,25H,11-12H2,1-2H3,(H,23,26). The van der Waals surface area contributed by atoms with Crippen molar-refractivity contribution in [2.45, 2.75) is 20.4 Å². The number of nitrogens with one attached hydrogen (secondary N) is 1. The molecule has 1 amide bonds. The number of phenolic OH excluding ortho intramolecular Hbond substituents is 1. The molecule has 2 aromatic heterocycles. The van der Waals surface area contributed by atoms with Gasteiger partial charge >= 0.3 is 5.97 Å². The van der Waals surface area contributed by atoms with Gasteiger partial charge in [-0.1, -0.05) is 6.07 Å². The van der Waals surface area contributed by atoms with Crippen LogP contribution in [0.3, 0.4) is 0 Å². The number of nitrogens with zero attached hydrogens (tertiary/aromatic N) is 2. The maximum Gasteiger partial charge on any atom is 0.338 e. The number of carbonyl (C=O) groups excluding carboxylic acids is 2. The first-order chi connectivity index (χ1) is 13.9. The maximum atomic E-state index is 12.4. The molecule has 1 aromatic carbocycles. The molecule has 8 nitrogen and oxygen atoms in total. The summed E-state index contributed by atoms with van der Waals surface area (Å²) < 4.78 is 12.1. The highest BCUT2D eigenvalue weighted by molar-refractivity contribution is 5.96. The van der Waals surface area contributed by atoms with E-state index < -0.39 is 18.5 Å². The van der Waals surface area contributed by atoms with Crippen molar-refractivity contribution in [1.29, 1.82) is 5.26 Å². The van der Waals surface area contributed by atoms with E-state index in [0.717, 1.165) is 11.3 Å². The van der Waals surface area contributed by atoms with Crippen LogP contribution in [-0.2, 0) is 16.1 Å². The van der Waals surface area contributed by atoms with Crippen molar-refractivity contribution >= 4 is 17.7 Å². The summed E-state index contributed by atoms with van der Waals surface area (Å²) in [4.78, 5) is 24.4. The van der Waals surface area contributed by atoms with Crippen molar-refractivity contribution in [1.82, 2.24) is 4.57 Å². The summed E-state index contributed by atoms with van der Waals surface area (Å²) in [5.74, 6) is -0.428. The first kappa shape index (κ1) is 19.8. The van der Waals surface area contributed by atoms with Gasteiger partial charge in [-0.25, -0.2) is 4.79 Å². The molecule has 29 heavy (non-hydrogen) atoms. The number of benzene rings is 1. The number of rotatable bonds is 6. The fraction of sp³-hybridized carbons (Fsp3) is 0.190. The molecule has 0 saturated heterocycles. The molecule has 0 saturated carbocycles. The molecule has 0 atom stereocenters. The molecular weight excluding hydrogens is 374 g/mol. The second-order valence-electron chi connectivity index (χ2n) is 6.39. The summed E-state index contributed by atoms with van der Waals surface area (Å²) in [6.45, 7) is 3.43. The van der Waals surface area contributed by atoms with E-state index in [1.165, 1.54) is 24.3 Å². The Morgan fingerprint density at radius 1 is 1.28 bits per heavy atom. The van der Waals surface area contributed by atoms with Gasteiger partial charge in [0.2, 0.25) is 0 Å². The van der Waals surface area contributed by atoms with Crippen LogP contribution in [0.1, 0.15) is 32.9 Å². The van der Waals surface area contributed by atoms with Crippen molar-refractivity contribution in [3.8, 4) is 11.8 Å². The number of ether oxygens (including phenoxy) is 1. The van der Waals surface area contributed by atoms with Gasteiger partial charge in [0.15, 0.2) is 6.61 Å². The van der Waals surface area contributed by atoms with E-state index in [2.05, 4.69) is 11.4 Å². The minimum absolute atomic E-state index is 0.0794. The number of furan rings is 1.